The highest BCUT2D eigenvalue weighted by molar-refractivity contribution is 9.09. The van der Waals surface area contributed by atoms with Crippen LogP contribution in [-0.2, 0) is 4.74 Å². The predicted molar refractivity (Wildman–Crippen MR) is 70.0 cm³/mol. The molecule has 3 aliphatic carbocycles. The Morgan fingerprint density at radius 3 is 2.25 bits per heavy atom. The molecule has 0 amide bonds. The largest absolute Gasteiger partial charge is 0.374 e. The van der Waals surface area contributed by atoms with Crippen molar-refractivity contribution in [1.82, 2.24) is 0 Å². The van der Waals surface area contributed by atoms with Crippen molar-refractivity contribution < 1.29 is 4.74 Å². The van der Waals surface area contributed by atoms with Crippen LogP contribution in [0.25, 0.3) is 0 Å². The van der Waals surface area contributed by atoms with Gasteiger partial charge in [0, 0.05) is 10.2 Å². The quantitative estimate of drug-likeness (QED) is 0.683. The van der Waals surface area contributed by atoms with Gasteiger partial charge in [-0.2, -0.15) is 0 Å². The number of hydrogen-bond donors (Lipinski definition) is 0. The Bertz CT molecular complexity index is 241. The van der Waals surface area contributed by atoms with E-state index >= 15 is 0 Å². The van der Waals surface area contributed by atoms with E-state index < -0.39 is 0 Å². The molecule has 1 spiro atoms. The number of hydrogen-bond acceptors (Lipinski definition) is 1. The highest BCUT2D eigenvalue weighted by Crippen LogP contribution is 2.57. The first-order chi connectivity index (χ1) is 7.81. The highest BCUT2D eigenvalue weighted by Gasteiger charge is 2.55. The molecule has 1 nitrogen and oxygen atoms in total. The summed E-state index contributed by atoms with van der Waals surface area (Å²) in [5.41, 5.74) is 0.529. The molecule has 0 aliphatic heterocycles. The second-order valence-electron chi connectivity index (χ2n) is 6.03. The third kappa shape index (κ3) is 1.86. The zero-order chi connectivity index (χ0) is 11.0. The van der Waals surface area contributed by atoms with Gasteiger partial charge in [0.2, 0.25) is 0 Å². The molecule has 3 rings (SSSR count). The summed E-state index contributed by atoms with van der Waals surface area (Å²) in [7, 11) is 0. The van der Waals surface area contributed by atoms with Gasteiger partial charge in [-0.3, -0.25) is 0 Å². The number of ether oxygens (including phenoxy) is 1. The molecule has 3 fully saturated rings. The molecular formula is C14H23BrO. The van der Waals surface area contributed by atoms with E-state index in [1.807, 2.05) is 0 Å². The van der Waals surface area contributed by atoms with Crippen molar-refractivity contribution >= 4 is 15.9 Å². The fraction of sp³-hybridized carbons (Fsp3) is 1.00. The van der Waals surface area contributed by atoms with Crippen LogP contribution in [0.4, 0.5) is 0 Å². The van der Waals surface area contributed by atoms with Crippen molar-refractivity contribution in [2.24, 2.45) is 5.41 Å². The Morgan fingerprint density at radius 2 is 1.62 bits per heavy atom. The maximum atomic E-state index is 6.38. The lowest BCUT2D eigenvalue weighted by atomic mass is 9.58. The fourth-order valence-corrected chi connectivity index (χ4v) is 5.08. The van der Waals surface area contributed by atoms with E-state index in [0.29, 0.717) is 17.6 Å². The average Bonchev–Trinajstić information content (AvgIpc) is 2.83. The van der Waals surface area contributed by atoms with E-state index in [0.717, 1.165) is 4.83 Å². The third-order valence-electron chi connectivity index (χ3n) is 5.13. The SMILES string of the molecule is BrC1CC(OC2CCCC2)C12CCCCC2. The Balaban J connectivity index is 1.62. The van der Waals surface area contributed by atoms with Crippen LogP contribution in [0.2, 0.25) is 0 Å². The lowest BCUT2D eigenvalue weighted by Gasteiger charge is -2.56. The molecule has 2 heteroatoms. The number of rotatable bonds is 2. The molecule has 0 saturated heterocycles. The Morgan fingerprint density at radius 1 is 0.938 bits per heavy atom. The molecule has 16 heavy (non-hydrogen) atoms. The van der Waals surface area contributed by atoms with Gasteiger partial charge >= 0.3 is 0 Å². The highest BCUT2D eigenvalue weighted by atomic mass is 79.9. The molecule has 2 unspecified atom stereocenters. The van der Waals surface area contributed by atoms with Gasteiger partial charge in [-0.05, 0) is 32.1 Å². The van der Waals surface area contributed by atoms with Crippen LogP contribution in [0.3, 0.4) is 0 Å². The summed E-state index contributed by atoms with van der Waals surface area (Å²) in [6.45, 7) is 0. The van der Waals surface area contributed by atoms with Crippen LogP contribution in [0.1, 0.15) is 64.2 Å². The van der Waals surface area contributed by atoms with E-state index in [1.54, 1.807) is 0 Å². The van der Waals surface area contributed by atoms with Gasteiger partial charge < -0.3 is 4.74 Å². The lowest BCUT2D eigenvalue weighted by Crippen LogP contribution is -2.57. The summed E-state index contributed by atoms with van der Waals surface area (Å²) in [6.07, 6.45) is 15.0. The summed E-state index contributed by atoms with van der Waals surface area (Å²) < 4.78 is 6.38. The minimum absolute atomic E-state index is 0.529. The maximum Gasteiger partial charge on any atom is 0.0656 e. The van der Waals surface area contributed by atoms with Crippen LogP contribution < -0.4 is 0 Å². The predicted octanol–water partition coefficient (Wildman–Crippen LogP) is 4.43. The third-order valence-corrected chi connectivity index (χ3v) is 6.42. The van der Waals surface area contributed by atoms with Gasteiger partial charge in [-0.15, -0.1) is 0 Å². The minimum atomic E-state index is 0.529. The topological polar surface area (TPSA) is 9.23 Å². The minimum Gasteiger partial charge on any atom is -0.374 e. The van der Waals surface area contributed by atoms with Crippen LogP contribution in [0.15, 0.2) is 0 Å². The van der Waals surface area contributed by atoms with Crippen LogP contribution in [0.5, 0.6) is 0 Å². The molecule has 92 valence electrons. The van der Waals surface area contributed by atoms with Gasteiger partial charge in [0.1, 0.15) is 0 Å². The Labute approximate surface area is 107 Å². The maximum absolute atomic E-state index is 6.38. The van der Waals surface area contributed by atoms with Crippen LogP contribution in [0, 0.1) is 5.41 Å². The number of halogens is 1. The van der Waals surface area contributed by atoms with Gasteiger partial charge in [0.05, 0.1) is 12.2 Å². The van der Waals surface area contributed by atoms with Crippen LogP contribution in [-0.4, -0.2) is 17.0 Å². The van der Waals surface area contributed by atoms with Gasteiger partial charge in [0.25, 0.3) is 0 Å². The van der Waals surface area contributed by atoms with Crippen molar-refractivity contribution in [3.8, 4) is 0 Å². The standard InChI is InChI=1S/C14H23BrO/c15-12-10-13(16-11-6-2-3-7-11)14(12)8-4-1-5-9-14/h11-13H,1-10H2. The Hall–Kier alpha value is 0.440. The zero-order valence-corrected chi connectivity index (χ0v) is 11.7. The molecule has 0 radical (unpaired) electrons. The summed E-state index contributed by atoms with van der Waals surface area (Å²) in [4.78, 5) is 0.742. The molecular weight excluding hydrogens is 264 g/mol. The van der Waals surface area contributed by atoms with Gasteiger partial charge in [-0.25, -0.2) is 0 Å². The van der Waals surface area contributed by atoms with Crippen molar-refractivity contribution in [3.63, 3.8) is 0 Å². The average molecular weight is 287 g/mol. The fourth-order valence-electron chi connectivity index (χ4n) is 3.99. The number of alkyl halides is 1. The second kappa shape index (κ2) is 4.61. The van der Waals surface area contributed by atoms with E-state index in [4.69, 9.17) is 4.74 Å². The van der Waals surface area contributed by atoms with Crippen molar-refractivity contribution in [1.29, 1.82) is 0 Å². The second-order valence-corrected chi connectivity index (χ2v) is 7.13. The smallest absolute Gasteiger partial charge is 0.0656 e. The summed E-state index contributed by atoms with van der Waals surface area (Å²) in [5, 5.41) is 0. The molecule has 0 aromatic heterocycles. The normalized spacial score (nSPS) is 38.8. The van der Waals surface area contributed by atoms with Crippen molar-refractivity contribution in [2.75, 3.05) is 0 Å². The molecule has 0 bridgehead atoms. The molecule has 0 heterocycles. The van der Waals surface area contributed by atoms with Crippen molar-refractivity contribution in [3.05, 3.63) is 0 Å². The van der Waals surface area contributed by atoms with E-state index in [9.17, 15) is 0 Å². The van der Waals surface area contributed by atoms with Crippen molar-refractivity contribution in [2.45, 2.75) is 81.2 Å². The lowest BCUT2D eigenvalue weighted by molar-refractivity contribution is -0.147. The molecule has 0 aromatic rings. The first kappa shape index (κ1) is 11.5. The van der Waals surface area contributed by atoms with Crippen LogP contribution >= 0.6 is 15.9 Å². The first-order valence-electron chi connectivity index (χ1n) is 7.11. The summed E-state index contributed by atoms with van der Waals surface area (Å²) >= 11 is 3.89. The molecule has 3 aliphatic rings. The monoisotopic (exact) mass is 286 g/mol. The first-order valence-corrected chi connectivity index (χ1v) is 8.02. The van der Waals surface area contributed by atoms with E-state index in [-0.39, 0.29) is 0 Å². The van der Waals surface area contributed by atoms with E-state index in [2.05, 4.69) is 15.9 Å². The Kier molecular flexibility index (Phi) is 3.32. The molecule has 0 N–H and O–H groups in total. The molecule has 0 aromatic carbocycles. The molecule has 3 saturated carbocycles. The zero-order valence-electron chi connectivity index (χ0n) is 10.1. The van der Waals surface area contributed by atoms with E-state index in [1.165, 1.54) is 64.2 Å². The summed E-state index contributed by atoms with van der Waals surface area (Å²) in [6, 6.07) is 0. The summed E-state index contributed by atoms with van der Waals surface area (Å²) in [5.74, 6) is 0. The van der Waals surface area contributed by atoms with Gasteiger partial charge in [-0.1, -0.05) is 48.0 Å². The van der Waals surface area contributed by atoms with Gasteiger partial charge in [0.15, 0.2) is 0 Å². The molecule has 2 atom stereocenters.